The molecule has 5 heteroatoms. The molecule has 2 aromatic carbocycles. The lowest BCUT2D eigenvalue weighted by atomic mass is 9.62. The number of hydrogen-bond acceptors (Lipinski definition) is 3. The van der Waals surface area contributed by atoms with E-state index in [1.54, 1.807) is 11.6 Å². The van der Waals surface area contributed by atoms with Crippen LogP contribution in [0.25, 0.3) is 4.85 Å². The predicted molar refractivity (Wildman–Crippen MR) is 90.4 cm³/mol. The van der Waals surface area contributed by atoms with E-state index in [1.165, 1.54) is 0 Å². The second-order valence-corrected chi connectivity index (χ2v) is 5.69. The lowest BCUT2D eigenvalue weighted by Crippen LogP contribution is -2.40. The molecule has 0 unspecified atom stereocenters. The van der Waals surface area contributed by atoms with E-state index in [0.717, 1.165) is 16.7 Å². The van der Waals surface area contributed by atoms with Crippen LogP contribution in [-0.2, 0) is 0 Å². The van der Waals surface area contributed by atoms with Gasteiger partial charge in [0.25, 0.3) is 5.99 Å². The highest BCUT2D eigenvalue weighted by atomic mass is 32.2. The maximum atomic E-state index is 8.88. The van der Waals surface area contributed by atoms with Gasteiger partial charge in [0.15, 0.2) is 5.69 Å². The molecule has 2 aromatic rings. The van der Waals surface area contributed by atoms with E-state index in [2.05, 4.69) is 10.9 Å². The van der Waals surface area contributed by atoms with E-state index in [1.807, 2.05) is 48.5 Å². The molecule has 0 saturated carbocycles. The molecule has 0 amide bonds. The molecule has 0 aromatic heterocycles. The smallest absolute Gasteiger partial charge is 0.274 e. The normalized spacial score (nSPS) is 9.67. The fourth-order valence-electron chi connectivity index (χ4n) is 2.03. The van der Waals surface area contributed by atoms with Gasteiger partial charge in [0.05, 0.1) is 18.2 Å². The molecule has 3 nitrogen and oxygen atoms in total. The summed E-state index contributed by atoms with van der Waals surface area (Å²) in [5.41, 5.74) is 9.20. The van der Waals surface area contributed by atoms with Crippen LogP contribution in [0.2, 0.25) is 0 Å². The predicted octanol–water partition coefficient (Wildman–Crippen LogP) is 1.91. The fraction of sp³-hybridized carbons (Fsp3) is 0.125. The van der Waals surface area contributed by atoms with Crippen LogP contribution in [0, 0.1) is 17.9 Å². The van der Waals surface area contributed by atoms with Gasteiger partial charge >= 0.3 is 0 Å². The number of rotatable bonds is 5. The van der Waals surface area contributed by atoms with Crippen molar-refractivity contribution in [2.75, 3.05) is 12.3 Å². The molecule has 0 aliphatic rings. The van der Waals surface area contributed by atoms with E-state index < -0.39 is 0 Å². The van der Waals surface area contributed by atoms with Crippen LogP contribution in [-0.4, -0.2) is 18.3 Å². The zero-order chi connectivity index (χ0) is 15.1. The van der Waals surface area contributed by atoms with Gasteiger partial charge in [0.1, 0.15) is 0 Å². The van der Waals surface area contributed by atoms with Gasteiger partial charge in [-0.15, -0.1) is 0 Å². The molecule has 2 N–H and O–H groups in total. The monoisotopic (exact) mass is 291 g/mol. The average Bonchev–Trinajstić information content (AvgIpc) is 2.56. The summed E-state index contributed by atoms with van der Waals surface area (Å²) in [5, 5.41) is 8.88. The molecular weight excluding hydrogens is 277 g/mol. The molecule has 0 atom stereocenters. The van der Waals surface area contributed by atoms with Crippen molar-refractivity contribution in [2.24, 2.45) is 5.73 Å². The lowest BCUT2D eigenvalue weighted by molar-refractivity contribution is 1.15. The maximum absolute atomic E-state index is 8.88. The summed E-state index contributed by atoms with van der Waals surface area (Å²) in [5.74, 6) is 1.02. The van der Waals surface area contributed by atoms with Crippen LogP contribution in [0.5, 0.6) is 0 Å². The average molecular weight is 291 g/mol. The Morgan fingerprint density at radius 2 is 1.67 bits per heavy atom. The highest BCUT2D eigenvalue weighted by Gasteiger charge is 2.19. The standard InChI is InChI=1S/C16H14BN3S/c1-20-16-8-6-15(7-9-16)17(21-11-10-18)14-4-2-13(12-19)3-5-14/h2-9H,10-11,18H2. The zero-order valence-electron chi connectivity index (χ0n) is 11.5. The first-order valence-electron chi connectivity index (χ1n) is 6.57. The van der Waals surface area contributed by atoms with Gasteiger partial charge in [-0.3, -0.25) is 0 Å². The quantitative estimate of drug-likeness (QED) is 0.676. The van der Waals surface area contributed by atoms with Crippen LogP contribution < -0.4 is 16.7 Å². The molecule has 0 saturated heterocycles. The fourth-order valence-corrected chi connectivity index (χ4v) is 3.10. The van der Waals surface area contributed by atoms with Crippen molar-refractivity contribution in [1.82, 2.24) is 0 Å². The van der Waals surface area contributed by atoms with Crippen LogP contribution in [0.4, 0.5) is 5.69 Å². The molecule has 102 valence electrons. The Labute approximate surface area is 129 Å². The van der Waals surface area contributed by atoms with Gasteiger partial charge in [0.2, 0.25) is 0 Å². The second-order valence-electron chi connectivity index (χ2n) is 4.48. The summed E-state index contributed by atoms with van der Waals surface area (Å²) in [4.78, 5) is 3.42. The Hall–Kier alpha value is -2.21. The first kappa shape index (κ1) is 15.2. The van der Waals surface area contributed by atoms with E-state index in [9.17, 15) is 0 Å². The Kier molecular flexibility index (Phi) is 5.46. The van der Waals surface area contributed by atoms with Gasteiger partial charge in [0, 0.05) is 6.54 Å². The van der Waals surface area contributed by atoms with Crippen molar-refractivity contribution in [3.8, 4) is 6.07 Å². The third-order valence-corrected chi connectivity index (χ3v) is 4.42. The van der Waals surface area contributed by atoms with Crippen molar-refractivity contribution in [3.63, 3.8) is 0 Å². The summed E-state index contributed by atoms with van der Waals surface area (Å²) in [6.07, 6.45) is 0. The number of hydrogen-bond donors (Lipinski definition) is 1. The van der Waals surface area contributed by atoms with Gasteiger partial charge in [-0.25, -0.2) is 4.85 Å². The molecule has 0 spiro atoms. The van der Waals surface area contributed by atoms with Crippen LogP contribution in [0.3, 0.4) is 0 Å². The van der Waals surface area contributed by atoms with Crippen molar-refractivity contribution in [2.45, 2.75) is 0 Å². The summed E-state index contributed by atoms with van der Waals surface area (Å²) in [6, 6.07) is 17.4. The Balaban J connectivity index is 2.32. The molecule has 2 rings (SSSR count). The van der Waals surface area contributed by atoms with Crippen molar-refractivity contribution in [3.05, 3.63) is 65.5 Å². The lowest BCUT2D eigenvalue weighted by Gasteiger charge is -2.14. The largest absolute Gasteiger partial charge is 0.330 e. The van der Waals surface area contributed by atoms with E-state index >= 15 is 0 Å². The van der Waals surface area contributed by atoms with Crippen LogP contribution >= 0.6 is 11.6 Å². The second kappa shape index (κ2) is 7.54. The molecule has 0 fully saturated rings. The number of benzene rings is 2. The first-order chi connectivity index (χ1) is 10.3. The van der Waals surface area contributed by atoms with Gasteiger partial charge in [-0.05, 0) is 17.9 Å². The molecule has 0 aliphatic heterocycles. The maximum Gasteiger partial charge on any atom is 0.274 e. The van der Waals surface area contributed by atoms with E-state index in [-0.39, 0.29) is 5.99 Å². The third-order valence-electron chi connectivity index (χ3n) is 3.07. The molecule has 21 heavy (non-hydrogen) atoms. The van der Waals surface area contributed by atoms with Gasteiger partial charge in [-0.2, -0.15) is 16.9 Å². The molecule has 0 radical (unpaired) electrons. The van der Waals surface area contributed by atoms with Crippen LogP contribution in [0.15, 0.2) is 48.5 Å². The molecular formula is C16H14BN3S. The summed E-state index contributed by atoms with van der Waals surface area (Å²) >= 11 is 1.77. The van der Waals surface area contributed by atoms with E-state index in [4.69, 9.17) is 17.6 Å². The Morgan fingerprint density at radius 1 is 1.10 bits per heavy atom. The Bertz CT molecular complexity index is 611. The highest BCUT2D eigenvalue weighted by molar-refractivity contribution is 8.28. The molecule has 0 bridgehead atoms. The minimum atomic E-state index is 0.168. The number of nitriles is 1. The van der Waals surface area contributed by atoms with E-state index in [0.29, 0.717) is 17.8 Å². The highest BCUT2D eigenvalue weighted by Crippen LogP contribution is 2.12. The SMILES string of the molecule is [C-]#[N+]c1ccc(B(SCCN)c2ccc(C#N)cc2)cc1. The minimum Gasteiger partial charge on any atom is -0.330 e. The molecule has 0 aliphatic carbocycles. The minimum absolute atomic E-state index is 0.168. The number of nitrogens with two attached hydrogens (primary N) is 1. The van der Waals surface area contributed by atoms with Crippen molar-refractivity contribution < 1.29 is 0 Å². The van der Waals surface area contributed by atoms with Crippen molar-refractivity contribution in [1.29, 1.82) is 5.26 Å². The molecule has 0 heterocycles. The topological polar surface area (TPSA) is 54.2 Å². The Morgan fingerprint density at radius 3 is 2.14 bits per heavy atom. The number of nitrogens with zero attached hydrogens (tertiary/aromatic N) is 2. The first-order valence-corrected chi connectivity index (χ1v) is 7.62. The van der Waals surface area contributed by atoms with Crippen LogP contribution in [0.1, 0.15) is 5.56 Å². The summed E-state index contributed by atoms with van der Waals surface area (Å²) in [7, 11) is 0. The summed E-state index contributed by atoms with van der Waals surface area (Å²) < 4.78 is 0. The third kappa shape index (κ3) is 3.89. The van der Waals surface area contributed by atoms with Crippen molar-refractivity contribution >= 4 is 34.2 Å². The zero-order valence-corrected chi connectivity index (χ0v) is 12.3. The van der Waals surface area contributed by atoms with Gasteiger partial charge in [-0.1, -0.05) is 47.3 Å². The van der Waals surface area contributed by atoms with Gasteiger partial charge < -0.3 is 5.73 Å². The summed E-state index contributed by atoms with van der Waals surface area (Å²) in [6.45, 7) is 7.64.